The Morgan fingerprint density at radius 1 is 1.00 bits per heavy atom. The van der Waals surface area contributed by atoms with Gasteiger partial charge in [0.2, 0.25) is 21.8 Å². The average Bonchev–Trinajstić information content (AvgIpc) is 2.82. The molecule has 1 aliphatic carbocycles. The summed E-state index contributed by atoms with van der Waals surface area (Å²) in [5.41, 5.74) is 5.99. The number of sulfonamides is 1. The molecule has 0 radical (unpaired) electrons. The van der Waals surface area contributed by atoms with Crippen LogP contribution in [-0.4, -0.2) is 51.3 Å². The van der Waals surface area contributed by atoms with Gasteiger partial charge in [0.25, 0.3) is 0 Å². The first-order chi connectivity index (χ1) is 15.8. The van der Waals surface area contributed by atoms with E-state index in [1.165, 1.54) is 48.9 Å². The number of methoxy groups -OCH3 is 2. The van der Waals surface area contributed by atoms with E-state index in [1.54, 1.807) is 12.1 Å². The van der Waals surface area contributed by atoms with Gasteiger partial charge in [-0.15, -0.1) is 0 Å². The number of hydrogen-bond donors (Lipinski definition) is 2. The highest BCUT2D eigenvalue weighted by atomic mass is 32.2. The van der Waals surface area contributed by atoms with E-state index < -0.39 is 21.8 Å². The molecule has 0 unspecified atom stereocenters. The lowest BCUT2D eigenvalue weighted by molar-refractivity contribution is -0.116. The highest BCUT2D eigenvalue weighted by Crippen LogP contribution is 2.33. The van der Waals surface area contributed by atoms with Gasteiger partial charge in [0.05, 0.1) is 25.7 Å². The molecule has 2 aromatic rings. The molecule has 0 atom stereocenters. The second-order valence-corrected chi connectivity index (χ2v) is 9.74. The minimum atomic E-state index is -3.99. The smallest absolute Gasteiger partial charge is 0.248 e. The molecule has 3 N–H and O–H groups in total. The van der Waals surface area contributed by atoms with Gasteiger partial charge in [0.1, 0.15) is 0 Å². The molecular weight excluding hydrogens is 446 g/mol. The van der Waals surface area contributed by atoms with Crippen LogP contribution in [0.1, 0.15) is 42.5 Å². The Hall–Kier alpha value is -3.11. The van der Waals surface area contributed by atoms with Gasteiger partial charge in [0, 0.05) is 23.4 Å². The van der Waals surface area contributed by atoms with E-state index in [0.717, 1.165) is 19.3 Å². The van der Waals surface area contributed by atoms with E-state index in [1.807, 2.05) is 0 Å². The molecule has 9 nitrogen and oxygen atoms in total. The summed E-state index contributed by atoms with van der Waals surface area (Å²) in [4.78, 5) is 24.1. The Morgan fingerprint density at radius 2 is 1.64 bits per heavy atom. The molecular formula is C23H29N3O6S. The summed E-state index contributed by atoms with van der Waals surface area (Å²) in [6.45, 7) is -0.334. The van der Waals surface area contributed by atoms with Crippen molar-refractivity contribution in [2.45, 2.75) is 43.0 Å². The number of ether oxygens (including phenoxy) is 2. The number of amides is 2. The van der Waals surface area contributed by atoms with Crippen LogP contribution in [0.5, 0.6) is 11.5 Å². The number of carbonyl (C=O) groups is 2. The third-order valence-corrected chi connectivity index (χ3v) is 7.59. The highest BCUT2D eigenvalue weighted by molar-refractivity contribution is 7.89. The van der Waals surface area contributed by atoms with Crippen LogP contribution in [0.4, 0.5) is 5.69 Å². The van der Waals surface area contributed by atoms with E-state index in [-0.39, 0.29) is 17.5 Å². The maximum Gasteiger partial charge on any atom is 0.248 e. The Kier molecular flexibility index (Phi) is 7.93. The molecule has 178 valence electrons. The predicted octanol–water partition coefficient (Wildman–Crippen LogP) is 2.76. The van der Waals surface area contributed by atoms with Crippen LogP contribution in [0.3, 0.4) is 0 Å². The lowest BCUT2D eigenvalue weighted by Crippen LogP contribution is -2.45. The van der Waals surface area contributed by atoms with E-state index >= 15 is 0 Å². The maximum atomic E-state index is 13.6. The van der Waals surface area contributed by atoms with Crippen molar-refractivity contribution < 1.29 is 27.5 Å². The summed E-state index contributed by atoms with van der Waals surface area (Å²) >= 11 is 0. The van der Waals surface area contributed by atoms with Gasteiger partial charge in [-0.25, -0.2) is 8.42 Å². The predicted molar refractivity (Wildman–Crippen MR) is 124 cm³/mol. The molecule has 0 heterocycles. The second kappa shape index (κ2) is 10.7. The fourth-order valence-corrected chi connectivity index (χ4v) is 5.61. The average molecular weight is 476 g/mol. The minimum absolute atomic E-state index is 0.0318. The lowest BCUT2D eigenvalue weighted by Gasteiger charge is -2.33. The molecule has 2 aromatic carbocycles. The Labute approximate surface area is 193 Å². The SMILES string of the molecule is COc1ccc(S(=O)(=O)N(CC(=O)Nc2ccc(C(N)=O)cc2)C2CCCCC2)cc1OC. The fraction of sp³-hybridized carbons (Fsp3) is 0.391. The molecule has 10 heteroatoms. The zero-order valence-corrected chi connectivity index (χ0v) is 19.6. The van der Waals surface area contributed by atoms with Crippen molar-refractivity contribution in [2.24, 2.45) is 5.73 Å². The number of nitrogens with two attached hydrogens (primary N) is 1. The normalized spacial score (nSPS) is 14.6. The molecule has 3 rings (SSSR count). The molecule has 0 aliphatic heterocycles. The van der Waals surface area contributed by atoms with Gasteiger partial charge >= 0.3 is 0 Å². The van der Waals surface area contributed by atoms with Gasteiger partial charge in [-0.05, 0) is 49.2 Å². The van der Waals surface area contributed by atoms with E-state index in [0.29, 0.717) is 35.6 Å². The number of carbonyl (C=O) groups excluding carboxylic acids is 2. The topological polar surface area (TPSA) is 128 Å². The number of hydrogen-bond acceptors (Lipinski definition) is 6. The molecule has 33 heavy (non-hydrogen) atoms. The fourth-order valence-electron chi connectivity index (χ4n) is 3.95. The van der Waals surface area contributed by atoms with Crippen LogP contribution < -0.4 is 20.5 Å². The molecule has 1 saturated carbocycles. The number of benzene rings is 2. The number of rotatable bonds is 9. The molecule has 0 bridgehead atoms. The summed E-state index contributed by atoms with van der Waals surface area (Å²) in [5.74, 6) is -0.340. The second-order valence-electron chi connectivity index (χ2n) is 7.85. The van der Waals surface area contributed by atoms with Crippen molar-refractivity contribution in [1.82, 2.24) is 4.31 Å². The Bertz CT molecular complexity index is 1100. The van der Waals surface area contributed by atoms with Crippen molar-refractivity contribution >= 4 is 27.5 Å². The van der Waals surface area contributed by atoms with Crippen LogP contribution in [0.15, 0.2) is 47.4 Å². The van der Waals surface area contributed by atoms with E-state index in [2.05, 4.69) is 5.32 Å². The van der Waals surface area contributed by atoms with Crippen LogP contribution in [0.2, 0.25) is 0 Å². The van der Waals surface area contributed by atoms with Crippen molar-refractivity contribution in [2.75, 3.05) is 26.1 Å². The molecule has 1 aliphatic rings. The highest BCUT2D eigenvalue weighted by Gasteiger charge is 2.34. The number of primary amides is 1. The van der Waals surface area contributed by atoms with Crippen LogP contribution in [0, 0.1) is 0 Å². The molecule has 0 spiro atoms. The minimum Gasteiger partial charge on any atom is -0.493 e. The lowest BCUT2D eigenvalue weighted by atomic mass is 9.95. The zero-order valence-electron chi connectivity index (χ0n) is 18.7. The molecule has 2 amide bonds. The third kappa shape index (κ3) is 5.82. The number of nitrogens with zero attached hydrogens (tertiary/aromatic N) is 1. The van der Waals surface area contributed by atoms with Crippen molar-refractivity contribution in [3.05, 3.63) is 48.0 Å². The van der Waals surface area contributed by atoms with Crippen molar-refractivity contribution in [3.8, 4) is 11.5 Å². The van der Waals surface area contributed by atoms with Crippen LogP contribution in [0.25, 0.3) is 0 Å². The van der Waals surface area contributed by atoms with Gasteiger partial charge in [-0.3, -0.25) is 9.59 Å². The van der Waals surface area contributed by atoms with Crippen LogP contribution >= 0.6 is 0 Å². The zero-order chi connectivity index (χ0) is 24.0. The third-order valence-electron chi connectivity index (χ3n) is 5.70. The molecule has 0 aromatic heterocycles. The number of nitrogens with one attached hydrogen (secondary N) is 1. The van der Waals surface area contributed by atoms with Crippen LogP contribution in [-0.2, 0) is 14.8 Å². The monoisotopic (exact) mass is 475 g/mol. The summed E-state index contributed by atoms with van der Waals surface area (Å²) in [6, 6.07) is 10.2. The molecule has 1 fully saturated rings. The Morgan fingerprint density at radius 3 is 2.21 bits per heavy atom. The van der Waals surface area contributed by atoms with E-state index in [4.69, 9.17) is 15.2 Å². The summed E-state index contributed by atoms with van der Waals surface area (Å²) in [6.07, 6.45) is 4.22. The van der Waals surface area contributed by atoms with Crippen molar-refractivity contribution in [3.63, 3.8) is 0 Å². The van der Waals surface area contributed by atoms with Crippen molar-refractivity contribution in [1.29, 1.82) is 0 Å². The summed E-state index contributed by atoms with van der Waals surface area (Å²) in [7, 11) is -1.08. The first kappa shape index (κ1) is 24.5. The van der Waals surface area contributed by atoms with Gasteiger partial charge in [-0.1, -0.05) is 19.3 Å². The van der Waals surface area contributed by atoms with E-state index in [9.17, 15) is 18.0 Å². The largest absolute Gasteiger partial charge is 0.493 e. The summed E-state index contributed by atoms with van der Waals surface area (Å²) < 4.78 is 39.0. The standard InChI is InChI=1S/C23H29N3O6S/c1-31-20-13-12-19(14-21(20)32-2)33(29,30)26(18-6-4-3-5-7-18)15-22(27)25-17-10-8-16(9-11-17)23(24)28/h8-14,18H,3-7,15H2,1-2H3,(H2,24,28)(H,25,27). The van der Waals surface area contributed by atoms with Gasteiger partial charge in [-0.2, -0.15) is 4.31 Å². The first-order valence-electron chi connectivity index (χ1n) is 10.7. The first-order valence-corrected chi connectivity index (χ1v) is 12.1. The van der Waals surface area contributed by atoms with Gasteiger partial charge in [0.15, 0.2) is 11.5 Å². The Balaban J connectivity index is 1.86. The molecule has 0 saturated heterocycles. The van der Waals surface area contributed by atoms with Gasteiger partial charge < -0.3 is 20.5 Å². The maximum absolute atomic E-state index is 13.6. The quantitative estimate of drug-likeness (QED) is 0.574. The number of anilines is 1. The summed E-state index contributed by atoms with van der Waals surface area (Å²) in [5, 5.41) is 2.70.